The van der Waals surface area contributed by atoms with Crippen LogP contribution in [0, 0.1) is 23.6 Å². The molecule has 7 aliphatic rings. The maximum atomic E-state index is 16.7. The van der Waals surface area contributed by atoms with Crippen LogP contribution in [0.4, 0.5) is 10.1 Å². The Bertz CT molecular complexity index is 3210. The summed E-state index contributed by atoms with van der Waals surface area (Å²) in [4.78, 5) is 93.9. The van der Waals surface area contributed by atoms with E-state index in [4.69, 9.17) is 42.1 Å². The molecule has 6 N–H and O–H groups in total. The Labute approximate surface area is 534 Å². The van der Waals surface area contributed by atoms with Crippen LogP contribution in [-0.2, 0) is 59.7 Å². The number of carbonyl (C=O) groups is 6. The molecule has 0 unspecified atom stereocenters. The third-order valence-corrected chi connectivity index (χ3v) is 21.2. The summed E-state index contributed by atoms with van der Waals surface area (Å²) in [6.07, 6.45) is 6.80. The highest BCUT2D eigenvalue weighted by Gasteiger charge is 2.75. The number of nitrogens with one attached hydrogen (secondary N) is 5. The van der Waals surface area contributed by atoms with Gasteiger partial charge in [0.2, 0.25) is 35.4 Å². The zero-order valence-electron chi connectivity index (χ0n) is 51.6. The van der Waals surface area contributed by atoms with Crippen LogP contribution >= 0.6 is 34.5 Å². The maximum Gasteiger partial charge on any atom is 0.246 e. The van der Waals surface area contributed by atoms with Gasteiger partial charge in [0, 0.05) is 59.2 Å². The normalized spacial score (nSPS) is 25.7. The van der Waals surface area contributed by atoms with E-state index < -0.39 is 75.1 Å². The number of aryl methyl sites for hydroxylation is 1. The second kappa shape index (κ2) is 28.1. The van der Waals surface area contributed by atoms with Gasteiger partial charge < -0.3 is 55.5 Å². The van der Waals surface area contributed by atoms with Crippen LogP contribution in [0.25, 0.3) is 10.4 Å². The van der Waals surface area contributed by atoms with Gasteiger partial charge in [-0.05, 0) is 111 Å². The lowest BCUT2D eigenvalue weighted by Crippen LogP contribution is -2.63. The van der Waals surface area contributed by atoms with Crippen molar-refractivity contribution in [1.29, 1.82) is 0 Å². The number of fused-ring (bicyclic) bond motifs is 6. The van der Waals surface area contributed by atoms with Gasteiger partial charge >= 0.3 is 0 Å². The van der Waals surface area contributed by atoms with E-state index >= 15 is 14.0 Å². The molecule has 3 aromatic carbocycles. The standard InChI is InChI=1S/C66H85Cl2FN8O11S/c1-6-77-54(52(46-11-10-12-48(68)53(46)69)66(65(77)19-8-7-9-20-65)47-18-17-44(67)35-49(47)73-61(66)84)58(81)75-64-24-21-63(22-25-64,23-26-64)60(83)70-27-28-85-29-30-86-31-32-87-33-34-88-39-51(79)74-56(62(3,4)5)59(82)76-38-45(78)36-50(76)57(80)71-37-42-13-15-43(16-14-42)55-41(2)72-40-89-55/h10-18,35,40,45,50,52,54,56,78H,6-9,19-34,36-39H2,1-5H3,(H,70,83)(H,71,80)(H,73,84)(H,74,79)(H,75,81)/t45-,50+,52+,54-,56-,63?,64?,66-/m1/s1. The van der Waals surface area contributed by atoms with Gasteiger partial charge in [-0.15, -0.1) is 11.3 Å². The molecule has 4 aliphatic carbocycles. The van der Waals surface area contributed by atoms with Crippen LogP contribution < -0.4 is 26.6 Å². The number of hydrogen-bond acceptors (Lipinski definition) is 14. The Morgan fingerprint density at radius 1 is 0.843 bits per heavy atom. The Kier molecular flexibility index (Phi) is 20.9. The first-order valence-electron chi connectivity index (χ1n) is 31.5. The van der Waals surface area contributed by atoms with Gasteiger partial charge in [-0.25, -0.2) is 9.37 Å². The van der Waals surface area contributed by atoms with Gasteiger partial charge in [0.05, 0.1) is 79.5 Å². The monoisotopic (exact) mass is 1290 g/mol. The number of benzene rings is 3. The van der Waals surface area contributed by atoms with Gasteiger partial charge in [-0.2, -0.15) is 0 Å². The highest BCUT2D eigenvalue weighted by Crippen LogP contribution is 2.67. The number of aromatic nitrogens is 1. The molecule has 2 bridgehead atoms. The summed E-state index contributed by atoms with van der Waals surface area (Å²) in [6.45, 7) is 11.9. The molecule has 4 aromatic rings. The first kappa shape index (κ1) is 66.3. The van der Waals surface area contributed by atoms with E-state index in [2.05, 4.69) is 36.5 Å². The molecule has 3 aliphatic heterocycles. The number of anilines is 1. The van der Waals surface area contributed by atoms with Gasteiger partial charge in [0.1, 0.15) is 29.9 Å². The number of carbonyl (C=O) groups excluding carboxylic acids is 6. The molecule has 1 aromatic heterocycles. The van der Waals surface area contributed by atoms with Crippen molar-refractivity contribution >= 4 is 75.7 Å². The fourth-order valence-corrected chi connectivity index (χ4v) is 16.5. The second-order valence-electron chi connectivity index (χ2n) is 26.0. The lowest BCUT2D eigenvalue weighted by molar-refractivity contribution is -0.144. The van der Waals surface area contributed by atoms with E-state index in [1.54, 1.807) is 41.1 Å². The van der Waals surface area contributed by atoms with Crippen LogP contribution in [0.15, 0.2) is 66.2 Å². The number of aliphatic hydroxyl groups excluding tert-OH is 1. The predicted octanol–water partition coefficient (Wildman–Crippen LogP) is 8.15. The van der Waals surface area contributed by atoms with Gasteiger partial charge in [0.25, 0.3) is 0 Å². The summed E-state index contributed by atoms with van der Waals surface area (Å²) in [5.74, 6) is -3.43. The third kappa shape index (κ3) is 13.5. The molecule has 4 saturated carbocycles. The van der Waals surface area contributed by atoms with E-state index in [1.165, 1.54) is 11.0 Å². The van der Waals surface area contributed by atoms with E-state index in [1.807, 2.05) is 65.0 Å². The minimum Gasteiger partial charge on any atom is -0.391 e. The smallest absolute Gasteiger partial charge is 0.246 e. The molecule has 4 heterocycles. The SMILES string of the molecule is CCN1[C@@H](C(=O)NC23CCC(C(=O)NCCOCCOCCOCCOCC(=O)N[C@H](C(=O)N4C[C@H](O)C[C@H]4C(=O)NCc4ccc(-c5scnc5C)cc4)C(C)(C)C)(CC2)CC3)[C@H](c2cccc(Cl)c2F)[C@]2(C(=O)Nc3cc(Cl)ccc32)C12CCCCC2. The topological polar surface area (TPSA) is 239 Å². The Morgan fingerprint density at radius 3 is 2.15 bits per heavy atom. The summed E-state index contributed by atoms with van der Waals surface area (Å²) in [6, 6.07) is 15.3. The number of halogens is 3. The zero-order chi connectivity index (χ0) is 63.3. The fraction of sp³-hybridized carbons (Fsp3) is 0.591. The Balaban J connectivity index is 0.614. The summed E-state index contributed by atoms with van der Waals surface area (Å²) in [5, 5.41) is 26.5. The second-order valence-corrected chi connectivity index (χ2v) is 27.7. The highest BCUT2D eigenvalue weighted by atomic mass is 35.5. The number of thiazole rings is 1. The molecule has 11 rings (SSSR count). The highest BCUT2D eigenvalue weighted by molar-refractivity contribution is 7.13. The molecule has 6 fully saturated rings. The number of rotatable bonds is 25. The number of ether oxygens (including phenoxy) is 4. The minimum absolute atomic E-state index is 0.0211. The summed E-state index contributed by atoms with van der Waals surface area (Å²) in [5.41, 5.74) is 2.24. The van der Waals surface area contributed by atoms with Crippen molar-refractivity contribution in [3.05, 3.63) is 104 Å². The molecular formula is C66H85Cl2FN8O11S. The van der Waals surface area contributed by atoms with Crippen molar-refractivity contribution in [2.45, 2.75) is 165 Å². The van der Waals surface area contributed by atoms with E-state index in [9.17, 15) is 24.3 Å². The van der Waals surface area contributed by atoms with E-state index in [0.717, 1.165) is 46.5 Å². The first-order valence-corrected chi connectivity index (χ1v) is 33.1. The number of hydrogen-bond donors (Lipinski definition) is 6. The van der Waals surface area contributed by atoms with Gasteiger partial charge in [0.15, 0.2) is 0 Å². The number of likely N-dealkylation sites (tertiary alicyclic amines) is 2. The molecule has 2 saturated heterocycles. The molecule has 89 heavy (non-hydrogen) atoms. The molecule has 482 valence electrons. The Hall–Kier alpha value is -5.62. The molecule has 6 amide bonds. The van der Waals surface area contributed by atoms with Crippen molar-refractivity contribution in [1.82, 2.24) is 36.1 Å². The molecule has 6 atom stereocenters. The van der Waals surface area contributed by atoms with Gasteiger partial charge in [-0.1, -0.05) is 113 Å². The van der Waals surface area contributed by atoms with Crippen LogP contribution in [-0.4, -0.2) is 163 Å². The minimum atomic E-state index is -1.32. The van der Waals surface area contributed by atoms with Gasteiger partial charge in [-0.3, -0.25) is 33.7 Å². The van der Waals surface area contributed by atoms with Crippen molar-refractivity contribution < 1.29 is 57.2 Å². The quantitative estimate of drug-likeness (QED) is 0.0344. The Morgan fingerprint density at radius 2 is 1.51 bits per heavy atom. The van der Waals surface area contributed by atoms with E-state index in [0.29, 0.717) is 102 Å². The number of aliphatic hydroxyl groups is 1. The van der Waals surface area contributed by atoms with E-state index in [-0.39, 0.29) is 80.2 Å². The zero-order valence-corrected chi connectivity index (χ0v) is 54.0. The average molecular weight is 1290 g/mol. The van der Waals surface area contributed by atoms with Crippen LogP contribution in [0.1, 0.15) is 133 Å². The van der Waals surface area contributed by atoms with Crippen molar-refractivity contribution in [2.75, 3.05) is 77.8 Å². The van der Waals surface area contributed by atoms with Crippen molar-refractivity contribution in [2.24, 2.45) is 10.8 Å². The fourth-order valence-electron chi connectivity index (χ4n) is 15.3. The molecule has 19 nitrogen and oxygen atoms in total. The molecule has 23 heteroatoms. The maximum absolute atomic E-state index is 16.7. The van der Waals surface area contributed by atoms with Crippen LogP contribution in [0.5, 0.6) is 0 Å². The average Bonchev–Trinajstić information content (AvgIpc) is 1.51. The largest absolute Gasteiger partial charge is 0.391 e. The lowest BCUT2D eigenvalue weighted by atomic mass is 9.55. The lowest BCUT2D eigenvalue weighted by Gasteiger charge is -2.53. The summed E-state index contributed by atoms with van der Waals surface area (Å²) < 4.78 is 39.3. The number of amides is 6. The molecular weight excluding hydrogens is 1200 g/mol. The number of β-amino-alcohol motifs (C(OH)–C–C–N with tert-alkyl or cyclic N) is 1. The number of likely N-dealkylation sites (N-methyl/N-ethyl adjacent to an activating group) is 1. The van der Waals surface area contributed by atoms with Crippen molar-refractivity contribution in [3.63, 3.8) is 0 Å². The van der Waals surface area contributed by atoms with Crippen LogP contribution in [0.3, 0.4) is 0 Å². The summed E-state index contributed by atoms with van der Waals surface area (Å²) >= 11 is 14.6. The first-order chi connectivity index (χ1) is 42.7. The van der Waals surface area contributed by atoms with Crippen LogP contribution in [0.2, 0.25) is 10.0 Å². The number of nitrogens with zero attached hydrogens (tertiary/aromatic N) is 3. The molecule has 0 radical (unpaired) electrons. The van der Waals surface area contributed by atoms with Crippen molar-refractivity contribution in [3.8, 4) is 10.4 Å². The predicted molar refractivity (Wildman–Crippen MR) is 337 cm³/mol. The molecule has 2 spiro atoms. The summed E-state index contributed by atoms with van der Waals surface area (Å²) in [7, 11) is 0. The third-order valence-electron chi connectivity index (χ3n) is 19.7.